The van der Waals surface area contributed by atoms with Crippen molar-refractivity contribution in [3.63, 3.8) is 0 Å². The smallest absolute Gasteiger partial charge is 0.317 e. The SMILES string of the molecule is C[C@H](CN1CCCC1=O)NC(=O)N(Cc1ccc(F)cc1)CC1CC1. The summed E-state index contributed by atoms with van der Waals surface area (Å²) < 4.78 is 13.1. The first kappa shape index (κ1) is 17.7. The Morgan fingerprint density at radius 3 is 2.68 bits per heavy atom. The van der Waals surface area contributed by atoms with Crippen LogP contribution in [0.5, 0.6) is 0 Å². The molecule has 136 valence electrons. The minimum Gasteiger partial charge on any atom is -0.341 e. The minimum absolute atomic E-state index is 0.0931. The molecule has 1 aliphatic carbocycles. The molecule has 0 bridgehead atoms. The topological polar surface area (TPSA) is 52.7 Å². The number of benzene rings is 1. The van der Waals surface area contributed by atoms with Crippen molar-refractivity contribution in [2.24, 2.45) is 5.92 Å². The van der Waals surface area contributed by atoms with Gasteiger partial charge in [-0.2, -0.15) is 0 Å². The first-order chi connectivity index (χ1) is 12.0. The summed E-state index contributed by atoms with van der Waals surface area (Å²) in [5, 5.41) is 3.01. The van der Waals surface area contributed by atoms with Crippen LogP contribution in [0.25, 0.3) is 0 Å². The number of likely N-dealkylation sites (tertiary alicyclic amines) is 1. The standard InChI is InChI=1S/C19H26FN3O2/c1-14(11-22-10-2-3-18(22)24)21-19(25)23(12-15-4-5-15)13-16-6-8-17(20)9-7-16/h6-9,14-15H,2-5,10-13H2,1H3,(H,21,25)/t14-/m1/s1. The van der Waals surface area contributed by atoms with E-state index in [2.05, 4.69) is 5.32 Å². The van der Waals surface area contributed by atoms with E-state index < -0.39 is 0 Å². The van der Waals surface area contributed by atoms with Crippen LogP contribution in [0.1, 0.15) is 38.2 Å². The van der Waals surface area contributed by atoms with Gasteiger partial charge in [-0.3, -0.25) is 4.79 Å². The fourth-order valence-electron chi connectivity index (χ4n) is 3.22. The van der Waals surface area contributed by atoms with Gasteiger partial charge in [-0.05, 0) is 49.8 Å². The number of rotatable bonds is 7. The summed E-state index contributed by atoms with van der Waals surface area (Å²) in [6, 6.07) is 6.07. The van der Waals surface area contributed by atoms with E-state index >= 15 is 0 Å². The lowest BCUT2D eigenvalue weighted by Crippen LogP contribution is -2.48. The van der Waals surface area contributed by atoms with E-state index in [9.17, 15) is 14.0 Å². The number of urea groups is 1. The highest BCUT2D eigenvalue weighted by molar-refractivity contribution is 5.78. The summed E-state index contributed by atoms with van der Waals surface area (Å²) >= 11 is 0. The molecule has 2 fully saturated rings. The molecule has 1 heterocycles. The Bertz CT molecular complexity index is 616. The molecule has 3 amide bonds. The molecule has 0 unspecified atom stereocenters. The summed E-state index contributed by atoms with van der Waals surface area (Å²) in [6.07, 6.45) is 3.83. The van der Waals surface area contributed by atoms with Crippen LogP contribution in [0.3, 0.4) is 0 Å². The van der Waals surface area contributed by atoms with Crippen molar-refractivity contribution in [3.05, 3.63) is 35.6 Å². The number of amides is 3. The van der Waals surface area contributed by atoms with E-state index in [0.717, 1.165) is 37.9 Å². The van der Waals surface area contributed by atoms with Crippen molar-refractivity contribution < 1.29 is 14.0 Å². The number of halogens is 1. The molecule has 0 radical (unpaired) electrons. The van der Waals surface area contributed by atoms with Crippen molar-refractivity contribution in [2.75, 3.05) is 19.6 Å². The lowest BCUT2D eigenvalue weighted by molar-refractivity contribution is -0.127. The summed E-state index contributed by atoms with van der Waals surface area (Å²) in [6.45, 7) is 4.45. The maximum atomic E-state index is 13.1. The Kier molecular flexibility index (Phi) is 5.56. The maximum absolute atomic E-state index is 13.1. The number of hydrogen-bond acceptors (Lipinski definition) is 2. The first-order valence-electron chi connectivity index (χ1n) is 9.09. The Hall–Kier alpha value is -2.11. The second-order valence-electron chi connectivity index (χ2n) is 7.24. The normalized spacial score (nSPS) is 18.3. The molecule has 2 aliphatic rings. The predicted molar refractivity (Wildman–Crippen MR) is 93.3 cm³/mol. The second-order valence-corrected chi connectivity index (χ2v) is 7.24. The largest absolute Gasteiger partial charge is 0.341 e. The molecule has 6 heteroatoms. The third-order valence-corrected chi connectivity index (χ3v) is 4.78. The van der Waals surface area contributed by atoms with Gasteiger partial charge in [0.15, 0.2) is 0 Å². The molecule has 25 heavy (non-hydrogen) atoms. The molecule has 5 nitrogen and oxygen atoms in total. The quantitative estimate of drug-likeness (QED) is 0.825. The van der Waals surface area contributed by atoms with Gasteiger partial charge in [-0.1, -0.05) is 12.1 Å². The first-order valence-corrected chi connectivity index (χ1v) is 9.09. The average Bonchev–Trinajstić information content (AvgIpc) is 3.31. The zero-order valence-electron chi connectivity index (χ0n) is 14.7. The average molecular weight is 347 g/mol. The molecule has 0 spiro atoms. The molecule has 1 saturated carbocycles. The van der Waals surface area contributed by atoms with E-state index in [1.54, 1.807) is 17.0 Å². The summed E-state index contributed by atoms with van der Waals surface area (Å²) in [4.78, 5) is 28.0. The summed E-state index contributed by atoms with van der Waals surface area (Å²) in [5.41, 5.74) is 0.916. The van der Waals surface area contributed by atoms with Crippen molar-refractivity contribution in [2.45, 2.75) is 45.2 Å². The third kappa shape index (κ3) is 5.18. The number of carbonyl (C=O) groups is 2. The van der Waals surface area contributed by atoms with Crippen LogP contribution >= 0.6 is 0 Å². The number of carbonyl (C=O) groups excluding carboxylic acids is 2. The highest BCUT2D eigenvalue weighted by Gasteiger charge is 2.28. The van der Waals surface area contributed by atoms with Crippen molar-refractivity contribution in [1.82, 2.24) is 15.1 Å². The van der Waals surface area contributed by atoms with Gasteiger partial charge in [0.25, 0.3) is 0 Å². The molecule has 1 aromatic carbocycles. The molecule has 1 N–H and O–H groups in total. The fourth-order valence-corrected chi connectivity index (χ4v) is 3.22. The Balaban J connectivity index is 1.56. The molecular weight excluding hydrogens is 321 g/mol. The fraction of sp³-hybridized carbons (Fsp3) is 0.579. The van der Waals surface area contributed by atoms with E-state index in [1.165, 1.54) is 12.1 Å². The van der Waals surface area contributed by atoms with Gasteiger partial charge in [0, 0.05) is 38.6 Å². The molecular formula is C19H26FN3O2. The van der Waals surface area contributed by atoms with Gasteiger partial charge in [0.2, 0.25) is 5.91 Å². The van der Waals surface area contributed by atoms with Gasteiger partial charge in [-0.15, -0.1) is 0 Å². The van der Waals surface area contributed by atoms with Crippen molar-refractivity contribution in [3.8, 4) is 0 Å². The lowest BCUT2D eigenvalue weighted by Gasteiger charge is -2.27. The lowest BCUT2D eigenvalue weighted by atomic mass is 10.2. The van der Waals surface area contributed by atoms with Crippen molar-refractivity contribution in [1.29, 1.82) is 0 Å². The Labute approximate surface area is 148 Å². The second kappa shape index (κ2) is 7.85. The minimum atomic E-state index is -0.272. The van der Waals surface area contributed by atoms with Crippen LogP contribution in [-0.2, 0) is 11.3 Å². The summed E-state index contributed by atoms with van der Waals surface area (Å²) in [7, 11) is 0. The van der Waals surface area contributed by atoms with Gasteiger partial charge in [0.1, 0.15) is 5.82 Å². The summed E-state index contributed by atoms with van der Waals surface area (Å²) in [5.74, 6) is 0.467. The zero-order valence-corrected chi connectivity index (χ0v) is 14.7. The van der Waals surface area contributed by atoms with Crippen LogP contribution in [0.15, 0.2) is 24.3 Å². The van der Waals surface area contributed by atoms with Gasteiger partial charge in [-0.25, -0.2) is 9.18 Å². The maximum Gasteiger partial charge on any atom is 0.317 e. The van der Waals surface area contributed by atoms with E-state index in [-0.39, 0.29) is 23.8 Å². The van der Waals surface area contributed by atoms with E-state index in [0.29, 0.717) is 25.4 Å². The molecule has 1 saturated heterocycles. The molecule has 0 aromatic heterocycles. The van der Waals surface area contributed by atoms with Crippen LogP contribution in [0, 0.1) is 11.7 Å². The zero-order chi connectivity index (χ0) is 17.8. The number of hydrogen-bond donors (Lipinski definition) is 1. The van der Waals surface area contributed by atoms with Gasteiger partial charge >= 0.3 is 6.03 Å². The van der Waals surface area contributed by atoms with Crippen LogP contribution in [0.2, 0.25) is 0 Å². The molecule has 1 atom stereocenters. The molecule has 3 rings (SSSR count). The van der Waals surface area contributed by atoms with E-state index in [1.807, 2.05) is 11.8 Å². The number of nitrogens with one attached hydrogen (secondary N) is 1. The monoisotopic (exact) mass is 347 g/mol. The predicted octanol–water partition coefficient (Wildman–Crippen LogP) is 2.76. The third-order valence-electron chi connectivity index (χ3n) is 4.78. The Morgan fingerprint density at radius 2 is 2.08 bits per heavy atom. The number of nitrogens with zero attached hydrogens (tertiary/aromatic N) is 2. The highest BCUT2D eigenvalue weighted by Crippen LogP contribution is 2.30. The van der Waals surface area contributed by atoms with Gasteiger partial charge < -0.3 is 15.1 Å². The van der Waals surface area contributed by atoms with Gasteiger partial charge in [0.05, 0.1) is 0 Å². The molecule has 1 aliphatic heterocycles. The van der Waals surface area contributed by atoms with Crippen LogP contribution < -0.4 is 5.32 Å². The van der Waals surface area contributed by atoms with Crippen LogP contribution in [-0.4, -0.2) is 47.4 Å². The molecule has 1 aromatic rings. The van der Waals surface area contributed by atoms with Crippen LogP contribution in [0.4, 0.5) is 9.18 Å². The Morgan fingerprint density at radius 1 is 1.36 bits per heavy atom. The van der Waals surface area contributed by atoms with Crippen molar-refractivity contribution >= 4 is 11.9 Å². The van der Waals surface area contributed by atoms with E-state index in [4.69, 9.17) is 0 Å². The highest BCUT2D eigenvalue weighted by atomic mass is 19.1.